The Hall–Kier alpha value is -3.84. The Morgan fingerprint density at radius 2 is 1.56 bits per heavy atom. The van der Waals surface area contributed by atoms with Crippen LogP contribution in [0, 0.1) is 5.92 Å². The number of sulfonamides is 1. The van der Waals surface area contributed by atoms with Crippen molar-refractivity contribution in [2.75, 3.05) is 7.11 Å². The lowest BCUT2D eigenvalue weighted by Crippen LogP contribution is -2.68. The molecule has 2 aliphatic rings. The van der Waals surface area contributed by atoms with Crippen molar-refractivity contribution in [3.63, 3.8) is 0 Å². The van der Waals surface area contributed by atoms with Gasteiger partial charge < -0.3 is 9.15 Å². The van der Waals surface area contributed by atoms with E-state index in [2.05, 4.69) is 0 Å². The summed E-state index contributed by atoms with van der Waals surface area (Å²) in [5.74, 6) is -0.150. The minimum absolute atomic E-state index is 0.0584. The summed E-state index contributed by atoms with van der Waals surface area (Å²) in [7, 11) is -2.62. The van der Waals surface area contributed by atoms with Gasteiger partial charge in [-0.2, -0.15) is 0 Å². The SMILES string of the molecule is COc1ccc(S(=O)(=O)N2C(=O)[C@H]3[C@H](c4ccco4)[C@H](c4ccccc4)C[C@]32c2ccccc2)cc1. The zero-order valence-electron chi connectivity index (χ0n) is 19.7. The maximum atomic E-state index is 14.0. The molecule has 36 heavy (non-hydrogen) atoms. The van der Waals surface area contributed by atoms with Gasteiger partial charge in [0.1, 0.15) is 11.5 Å². The van der Waals surface area contributed by atoms with Crippen molar-refractivity contribution in [3.05, 3.63) is 120 Å². The molecular formula is C29H25NO5S. The van der Waals surface area contributed by atoms with E-state index in [4.69, 9.17) is 9.15 Å². The number of fused-ring (bicyclic) bond motifs is 1. The Balaban J connectivity index is 1.54. The highest BCUT2D eigenvalue weighted by Gasteiger charge is 2.73. The number of benzene rings is 3. The van der Waals surface area contributed by atoms with Crippen molar-refractivity contribution in [2.45, 2.75) is 28.7 Å². The molecule has 1 aromatic heterocycles. The summed E-state index contributed by atoms with van der Waals surface area (Å²) in [6.45, 7) is 0. The molecule has 0 radical (unpaired) electrons. The molecule has 0 N–H and O–H groups in total. The van der Waals surface area contributed by atoms with Gasteiger partial charge in [0, 0.05) is 5.92 Å². The zero-order valence-corrected chi connectivity index (χ0v) is 20.5. The van der Waals surface area contributed by atoms with Crippen LogP contribution >= 0.6 is 0 Å². The summed E-state index contributed by atoms with van der Waals surface area (Å²) in [4.78, 5) is 14.0. The van der Waals surface area contributed by atoms with E-state index in [9.17, 15) is 13.2 Å². The van der Waals surface area contributed by atoms with Crippen molar-refractivity contribution in [2.24, 2.45) is 5.92 Å². The van der Waals surface area contributed by atoms with Crippen LogP contribution in [-0.4, -0.2) is 25.7 Å². The van der Waals surface area contributed by atoms with Gasteiger partial charge in [0.2, 0.25) is 5.91 Å². The summed E-state index contributed by atoms with van der Waals surface area (Å²) in [5.41, 5.74) is 0.828. The van der Waals surface area contributed by atoms with E-state index in [-0.39, 0.29) is 16.7 Å². The topological polar surface area (TPSA) is 76.8 Å². The molecule has 3 aromatic carbocycles. The number of methoxy groups -OCH3 is 1. The Morgan fingerprint density at radius 3 is 2.17 bits per heavy atom. The number of furan rings is 1. The van der Waals surface area contributed by atoms with E-state index >= 15 is 0 Å². The maximum Gasteiger partial charge on any atom is 0.267 e. The molecule has 1 amide bonds. The van der Waals surface area contributed by atoms with Crippen LogP contribution in [0.3, 0.4) is 0 Å². The van der Waals surface area contributed by atoms with E-state index in [1.807, 2.05) is 72.8 Å². The van der Waals surface area contributed by atoms with Crippen LogP contribution in [0.15, 0.2) is 113 Å². The van der Waals surface area contributed by atoms with Gasteiger partial charge in [-0.15, -0.1) is 0 Å². The lowest BCUT2D eigenvalue weighted by molar-refractivity contribution is -0.156. The molecule has 4 aromatic rings. The van der Waals surface area contributed by atoms with E-state index < -0.39 is 27.4 Å². The van der Waals surface area contributed by atoms with Gasteiger partial charge in [-0.1, -0.05) is 60.7 Å². The van der Waals surface area contributed by atoms with Gasteiger partial charge in [-0.3, -0.25) is 4.79 Å². The predicted molar refractivity (Wildman–Crippen MR) is 134 cm³/mol. The second-order valence-electron chi connectivity index (χ2n) is 9.31. The summed E-state index contributed by atoms with van der Waals surface area (Å²) in [5, 5.41) is 0. The number of amides is 1. The van der Waals surface area contributed by atoms with Gasteiger partial charge in [0.05, 0.1) is 29.7 Å². The van der Waals surface area contributed by atoms with Crippen molar-refractivity contribution in [1.29, 1.82) is 0 Å². The first kappa shape index (κ1) is 22.6. The first-order valence-electron chi connectivity index (χ1n) is 11.9. The number of carbonyl (C=O) groups excluding carboxylic acids is 1. The average molecular weight is 500 g/mol. The summed E-state index contributed by atoms with van der Waals surface area (Å²) >= 11 is 0. The number of ether oxygens (including phenoxy) is 1. The molecule has 4 atom stereocenters. The number of hydrogen-bond acceptors (Lipinski definition) is 5. The van der Waals surface area contributed by atoms with Crippen molar-refractivity contribution in [3.8, 4) is 5.75 Å². The van der Waals surface area contributed by atoms with Crippen LogP contribution in [0.25, 0.3) is 0 Å². The number of hydrogen-bond donors (Lipinski definition) is 0. The summed E-state index contributed by atoms with van der Waals surface area (Å²) in [6, 6.07) is 29.3. The second-order valence-corrected chi connectivity index (χ2v) is 11.1. The Labute approximate surface area is 210 Å². The molecule has 1 aliphatic carbocycles. The Bertz CT molecular complexity index is 1480. The third-order valence-corrected chi connectivity index (χ3v) is 9.49. The van der Waals surface area contributed by atoms with Crippen LogP contribution in [0.2, 0.25) is 0 Å². The fraction of sp³-hybridized carbons (Fsp3) is 0.207. The third-order valence-electron chi connectivity index (χ3n) is 7.64. The molecular weight excluding hydrogens is 474 g/mol. The zero-order chi connectivity index (χ0) is 24.9. The average Bonchev–Trinajstić information content (AvgIpc) is 3.54. The van der Waals surface area contributed by atoms with Gasteiger partial charge >= 0.3 is 0 Å². The van der Waals surface area contributed by atoms with Crippen molar-refractivity contribution in [1.82, 2.24) is 4.31 Å². The first-order valence-corrected chi connectivity index (χ1v) is 13.3. The summed E-state index contributed by atoms with van der Waals surface area (Å²) < 4.78 is 40.2. The maximum absolute atomic E-state index is 14.0. The number of rotatable bonds is 6. The fourth-order valence-electron chi connectivity index (χ4n) is 6.14. The highest BCUT2D eigenvalue weighted by molar-refractivity contribution is 7.89. The molecule has 2 heterocycles. The molecule has 1 saturated heterocycles. The van der Waals surface area contributed by atoms with Crippen LogP contribution in [0.4, 0.5) is 0 Å². The minimum atomic E-state index is -4.14. The number of β-lactam (4-membered cyclic amide) rings is 1. The monoisotopic (exact) mass is 499 g/mol. The highest BCUT2D eigenvalue weighted by atomic mass is 32.2. The predicted octanol–water partition coefficient (Wildman–Crippen LogP) is 5.30. The number of nitrogens with zero attached hydrogens (tertiary/aromatic N) is 1. The molecule has 1 aliphatic heterocycles. The summed E-state index contributed by atoms with van der Waals surface area (Å²) in [6.07, 6.45) is 2.06. The van der Waals surface area contributed by atoms with E-state index in [0.717, 1.165) is 15.4 Å². The third kappa shape index (κ3) is 3.15. The Kier molecular flexibility index (Phi) is 5.26. The molecule has 182 valence electrons. The van der Waals surface area contributed by atoms with Crippen molar-refractivity contribution < 1.29 is 22.4 Å². The van der Waals surface area contributed by atoms with Gasteiger partial charge in [-0.05, 0) is 59.9 Å². The minimum Gasteiger partial charge on any atom is -0.497 e. The fourth-order valence-corrected chi connectivity index (χ4v) is 7.90. The molecule has 0 spiro atoms. The van der Waals surface area contributed by atoms with Crippen molar-refractivity contribution >= 4 is 15.9 Å². The molecule has 7 heteroatoms. The largest absolute Gasteiger partial charge is 0.497 e. The van der Waals surface area contributed by atoms with Crippen LogP contribution in [0.5, 0.6) is 5.75 Å². The molecule has 2 fully saturated rings. The van der Waals surface area contributed by atoms with Crippen LogP contribution < -0.4 is 4.74 Å². The molecule has 0 unspecified atom stereocenters. The van der Waals surface area contributed by atoms with Gasteiger partial charge in [-0.25, -0.2) is 12.7 Å². The highest BCUT2D eigenvalue weighted by Crippen LogP contribution is 2.67. The van der Waals surface area contributed by atoms with Crippen LogP contribution in [-0.2, 0) is 20.4 Å². The van der Waals surface area contributed by atoms with Gasteiger partial charge in [0.25, 0.3) is 10.0 Å². The van der Waals surface area contributed by atoms with E-state index in [1.54, 1.807) is 18.4 Å². The molecule has 6 rings (SSSR count). The quantitative estimate of drug-likeness (QED) is 0.337. The molecule has 1 saturated carbocycles. The normalized spacial score (nSPS) is 25.3. The smallest absolute Gasteiger partial charge is 0.267 e. The second kappa shape index (κ2) is 8.38. The van der Waals surface area contributed by atoms with E-state index in [1.165, 1.54) is 19.2 Å². The first-order chi connectivity index (χ1) is 17.5. The van der Waals surface area contributed by atoms with E-state index in [0.29, 0.717) is 17.9 Å². The lowest BCUT2D eigenvalue weighted by Gasteiger charge is -2.54. The standard InChI is InChI=1S/C29H25NO5S/c1-34-22-14-16-23(17-15-22)36(32,33)30-28(31)27-26(25-13-8-18-35-25)24(20-9-4-2-5-10-20)19-29(27,30)21-11-6-3-7-12-21/h2-18,24,26-27H,19H2,1H3/t24-,26-,27+,29-/m0/s1. The van der Waals surface area contributed by atoms with Crippen LogP contribution in [0.1, 0.15) is 35.1 Å². The number of carbonyl (C=O) groups is 1. The molecule has 0 bridgehead atoms. The lowest BCUT2D eigenvalue weighted by atomic mass is 9.70. The van der Waals surface area contributed by atoms with Gasteiger partial charge in [0.15, 0.2) is 0 Å². The Morgan fingerprint density at radius 1 is 0.889 bits per heavy atom. The molecule has 6 nitrogen and oxygen atoms in total.